The van der Waals surface area contributed by atoms with E-state index in [0.29, 0.717) is 5.52 Å². The Balaban J connectivity index is 2.10. The van der Waals surface area contributed by atoms with Crippen LogP contribution in [0.1, 0.15) is 0 Å². The first-order chi connectivity index (χ1) is 11.2. The summed E-state index contributed by atoms with van der Waals surface area (Å²) in [6, 6.07) is 15.2. The van der Waals surface area contributed by atoms with Gasteiger partial charge in [0, 0.05) is 23.3 Å². The number of aromatic nitrogens is 3. The molecule has 5 nitrogen and oxygen atoms in total. The third kappa shape index (κ3) is 1.93. The second-order valence-electron chi connectivity index (χ2n) is 5.40. The molecule has 0 amide bonds. The molecule has 2 aromatic carbocycles. The second kappa shape index (κ2) is 4.98. The highest BCUT2D eigenvalue weighted by atomic mass is 16.5. The van der Waals surface area contributed by atoms with Crippen LogP contribution < -0.4 is 10.3 Å². The molecule has 4 aromatic rings. The molecule has 0 saturated carbocycles. The van der Waals surface area contributed by atoms with Crippen molar-refractivity contribution in [3.63, 3.8) is 0 Å². The Morgan fingerprint density at radius 3 is 2.57 bits per heavy atom. The molecule has 0 aliphatic rings. The van der Waals surface area contributed by atoms with Crippen LogP contribution in [0.2, 0.25) is 0 Å². The number of hydrogen-bond donors (Lipinski definition) is 0. The summed E-state index contributed by atoms with van der Waals surface area (Å²) in [7, 11) is 3.53. The summed E-state index contributed by atoms with van der Waals surface area (Å²) in [4.78, 5) is 12.9. The van der Waals surface area contributed by atoms with Crippen LogP contribution in [0.4, 0.5) is 0 Å². The molecule has 2 heterocycles. The van der Waals surface area contributed by atoms with E-state index in [-0.39, 0.29) is 5.56 Å². The fourth-order valence-electron chi connectivity index (χ4n) is 2.99. The van der Waals surface area contributed by atoms with E-state index in [9.17, 15) is 4.79 Å². The number of nitrogens with zero attached hydrogens (tertiary/aromatic N) is 3. The van der Waals surface area contributed by atoms with Gasteiger partial charge in [0.15, 0.2) is 0 Å². The van der Waals surface area contributed by atoms with Crippen LogP contribution in [-0.4, -0.2) is 21.5 Å². The first kappa shape index (κ1) is 13.6. The molecular weight excluding hydrogens is 290 g/mol. The topological polar surface area (TPSA) is 49.1 Å². The van der Waals surface area contributed by atoms with E-state index in [2.05, 4.69) is 5.10 Å². The molecule has 0 spiro atoms. The summed E-state index contributed by atoms with van der Waals surface area (Å²) >= 11 is 0. The van der Waals surface area contributed by atoms with Crippen LogP contribution in [0.25, 0.3) is 27.5 Å². The minimum absolute atomic E-state index is 0.133. The number of ether oxygens (including phenoxy) is 1. The van der Waals surface area contributed by atoms with Crippen molar-refractivity contribution in [3.8, 4) is 11.4 Å². The molecule has 0 N–H and O–H groups in total. The van der Waals surface area contributed by atoms with Crippen LogP contribution in [0, 0.1) is 0 Å². The largest absolute Gasteiger partial charge is 0.497 e. The fourth-order valence-corrected chi connectivity index (χ4v) is 2.99. The van der Waals surface area contributed by atoms with Gasteiger partial charge in [-0.05, 0) is 30.3 Å². The molecule has 0 unspecified atom stereocenters. The smallest absolute Gasteiger partial charge is 0.296 e. The van der Waals surface area contributed by atoms with Crippen molar-refractivity contribution in [1.29, 1.82) is 0 Å². The van der Waals surface area contributed by atoms with Crippen molar-refractivity contribution in [3.05, 3.63) is 65.1 Å². The monoisotopic (exact) mass is 305 g/mol. The van der Waals surface area contributed by atoms with E-state index in [1.165, 1.54) is 4.68 Å². The van der Waals surface area contributed by atoms with Gasteiger partial charge in [-0.1, -0.05) is 18.2 Å². The first-order valence-electron chi connectivity index (χ1n) is 7.30. The molecule has 23 heavy (non-hydrogen) atoms. The summed E-state index contributed by atoms with van der Waals surface area (Å²) in [6.07, 6.45) is 1.74. The number of benzene rings is 2. The van der Waals surface area contributed by atoms with E-state index in [0.717, 1.165) is 27.7 Å². The zero-order chi connectivity index (χ0) is 16.0. The lowest BCUT2D eigenvalue weighted by Gasteiger charge is -2.04. The van der Waals surface area contributed by atoms with Gasteiger partial charge in [0.25, 0.3) is 5.56 Å². The molecular formula is C18H15N3O2. The number of para-hydroxylation sites is 1. The molecule has 2 aromatic heterocycles. The SMILES string of the molecule is COc1ccc2c(c1)c1cnn(-c3ccccc3)c(=O)c1n2C. The normalized spacial score (nSPS) is 11.2. The van der Waals surface area contributed by atoms with Crippen molar-refractivity contribution in [2.45, 2.75) is 0 Å². The highest BCUT2D eigenvalue weighted by molar-refractivity contribution is 6.07. The summed E-state index contributed by atoms with van der Waals surface area (Å²) in [5.74, 6) is 0.761. The Labute approximate surface area is 132 Å². The molecule has 0 radical (unpaired) electrons. The highest BCUT2D eigenvalue weighted by Crippen LogP contribution is 2.28. The maximum absolute atomic E-state index is 12.9. The summed E-state index contributed by atoms with van der Waals surface area (Å²) in [6.45, 7) is 0. The van der Waals surface area contributed by atoms with Gasteiger partial charge < -0.3 is 9.30 Å². The summed E-state index contributed by atoms with van der Waals surface area (Å²) in [5, 5.41) is 6.14. The van der Waals surface area contributed by atoms with Crippen LogP contribution in [-0.2, 0) is 7.05 Å². The van der Waals surface area contributed by atoms with Crippen molar-refractivity contribution in [2.24, 2.45) is 7.05 Å². The number of rotatable bonds is 2. The van der Waals surface area contributed by atoms with Gasteiger partial charge in [0.2, 0.25) is 0 Å². The van der Waals surface area contributed by atoms with E-state index in [1.807, 2.05) is 60.1 Å². The molecule has 4 rings (SSSR count). The van der Waals surface area contributed by atoms with Gasteiger partial charge in [-0.2, -0.15) is 9.78 Å². The lowest BCUT2D eigenvalue weighted by molar-refractivity contribution is 0.415. The predicted molar refractivity (Wildman–Crippen MR) is 90.4 cm³/mol. The van der Waals surface area contributed by atoms with Crippen LogP contribution in [0.15, 0.2) is 59.5 Å². The molecule has 0 bridgehead atoms. The van der Waals surface area contributed by atoms with Crippen LogP contribution >= 0.6 is 0 Å². The van der Waals surface area contributed by atoms with Crippen molar-refractivity contribution in [2.75, 3.05) is 7.11 Å². The van der Waals surface area contributed by atoms with E-state index in [1.54, 1.807) is 13.3 Å². The van der Waals surface area contributed by atoms with Gasteiger partial charge in [-0.15, -0.1) is 0 Å². The molecule has 0 aliphatic heterocycles. The quantitative estimate of drug-likeness (QED) is 0.572. The fraction of sp³-hybridized carbons (Fsp3) is 0.111. The maximum Gasteiger partial charge on any atom is 0.296 e. The van der Waals surface area contributed by atoms with Crippen molar-refractivity contribution < 1.29 is 4.74 Å². The summed E-state index contributed by atoms with van der Waals surface area (Å²) in [5.41, 5.74) is 2.23. The average Bonchev–Trinajstić information content (AvgIpc) is 2.89. The number of methoxy groups -OCH3 is 1. The average molecular weight is 305 g/mol. The molecule has 0 saturated heterocycles. The van der Waals surface area contributed by atoms with Crippen LogP contribution in [0.3, 0.4) is 0 Å². The van der Waals surface area contributed by atoms with Gasteiger partial charge >= 0.3 is 0 Å². The first-order valence-corrected chi connectivity index (χ1v) is 7.30. The van der Waals surface area contributed by atoms with Gasteiger partial charge in [-0.3, -0.25) is 4.79 Å². The standard InChI is InChI=1S/C18H15N3O2/c1-20-16-9-8-13(23-2)10-14(16)15-11-19-21(18(22)17(15)20)12-6-4-3-5-7-12/h3-11H,1-2H3. The van der Waals surface area contributed by atoms with Gasteiger partial charge in [0.1, 0.15) is 11.3 Å². The van der Waals surface area contributed by atoms with E-state index >= 15 is 0 Å². The Morgan fingerprint density at radius 1 is 1.04 bits per heavy atom. The zero-order valence-electron chi connectivity index (χ0n) is 12.9. The predicted octanol–water partition coefficient (Wildman–Crippen LogP) is 2.89. The third-order valence-corrected chi connectivity index (χ3v) is 4.14. The lowest BCUT2D eigenvalue weighted by atomic mass is 10.2. The Hall–Kier alpha value is -3.08. The van der Waals surface area contributed by atoms with Crippen molar-refractivity contribution in [1.82, 2.24) is 14.3 Å². The Bertz CT molecular complexity index is 1080. The Kier molecular flexibility index (Phi) is 2.94. The van der Waals surface area contributed by atoms with Crippen LogP contribution in [0.5, 0.6) is 5.75 Å². The van der Waals surface area contributed by atoms with Gasteiger partial charge in [-0.25, -0.2) is 0 Å². The lowest BCUT2D eigenvalue weighted by Crippen LogP contribution is -2.22. The third-order valence-electron chi connectivity index (χ3n) is 4.14. The second-order valence-corrected chi connectivity index (χ2v) is 5.40. The number of aryl methyl sites for hydroxylation is 1. The summed E-state index contributed by atoms with van der Waals surface area (Å²) < 4.78 is 8.63. The van der Waals surface area contributed by atoms with E-state index < -0.39 is 0 Å². The number of hydrogen-bond acceptors (Lipinski definition) is 3. The molecule has 0 aliphatic carbocycles. The Morgan fingerprint density at radius 2 is 1.83 bits per heavy atom. The maximum atomic E-state index is 12.9. The zero-order valence-corrected chi connectivity index (χ0v) is 12.9. The number of fused-ring (bicyclic) bond motifs is 3. The van der Waals surface area contributed by atoms with Crippen molar-refractivity contribution >= 4 is 21.8 Å². The molecule has 0 atom stereocenters. The molecule has 114 valence electrons. The minimum atomic E-state index is -0.133. The highest BCUT2D eigenvalue weighted by Gasteiger charge is 2.15. The molecule has 0 fully saturated rings. The minimum Gasteiger partial charge on any atom is -0.497 e. The van der Waals surface area contributed by atoms with E-state index in [4.69, 9.17) is 4.74 Å². The van der Waals surface area contributed by atoms with Gasteiger partial charge in [0.05, 0.1) is 19.0 Å². The molecule has 5 heteroatoms.